The molecular formula is C14H22O2S. The Hall–Kier alpha value is -0.0200. The van der Waals surface area contributed by atoms with Crippen LogP contribution in [0.2, 0.25) is 0 Å². The van der Waals surface area contributed by atoms with E-state index in [-0.39, 0.29) is 12.0 Å². The highest BCUT2D eigenvalue weighted by Crippen LogP contribution is 2.60. The molecule has 17 heavy (non-hydrogen) atoms. The first-order valence-electron chi connectivity index (χ1n) is 6.94. The van der Waals surface area contributed by atoms with Gasteiger partial charge < -0.3 is 5.11 Å². The van der Waals surface area contributed by atoms with Crippen LogP contribution in [0.15, 0.2) is 0 Å². The van der Waals surface area contributed by atoms with Crippen molar-refractivity contribution < 1.29 is 9.90 Å². The molecule has 0 aromatic rings. The molecule has 0 saturated heterocycles. The summed E-state index contributed by atoms with van der Waals surface area (Å²) in [7, 11) is 0. The number of aliphatic hydroxyl groups is 1. The number of aliphatic hydroxyl groups excluding tert-OH is 1. The third-order valence-electron chi connectivity index (χ3n) is 5.14. The molecule has 3 aliphatic rings. The summed E-state index contributed by atoms with van der Waals surface area (Å²) < 4.78 is 0. The third kappa shape index (κ3) is 1.95. The van der Waals surface area contributed by atoms with Crippen LogP contribution in [-0.4, -0.2) is 21.6 Å². The topological polar surface area (TPSA) is 37.3 Å². The molecule has 0 amide bonds. The Morgan fingerprint density at radius 1 is 1.12 bits per heavy atom. The largest absolute Gasteiger partial charge is 0.393 e. The molecule has 0 heterocycles. The minimum atomic E-state index is -0.0363. The van der Waals surface area contributed by atoms with Gasteiger partial charge in [-0.05, 0) is 49.4 Å². The van der Waals surface area contributed by atoms with Crippen molar-refractivity contribution in [2.75, 3.05) is 0 Å². The molecule has 1 N–H and O–H groups in total. The fourth-order valence-electron chi connectivity index (χ4n) is 4.38. The Kier molecular flexibility index (Phi) is 3.02. The molecule has 0 radical (unpaired) electrons. The first-order chi connectivity index (χ1) is 8.06. The molecule has 3 aliphatic carbocycles. The molecule has 0 aliphatic heterocycles. The number of carbonyl (C=O) groups is 1. The molecular weight excluding hydrogens is 232 g/mol. The van der Waals surface area contributed by atoms with E-state index in [1.165, 1.54) is 19.3 Å². The highest BCUT2D eigenvalue weighted by atomic mass is 32.2. The molecule has 3 heteroatoms. The van der Waals surface area contributed by atoms with Gasteiger partial charge in [0.25, 0.3) is 0 Å². The van der Waals surface area contributed by atoms with Crippen molar-refractivity contribution in [1.82, 2.24) is 0 Å². The van der Waals surface area contributed by atoms with E-state index >= 15 is 0 Å². The lowest BCUT2D eigenvalue weighted by Crippen LogP contribution is -2.27. The maximum atomic E-state index is 11.8. The monoisotopic (exact) mass is 254 g/mol. The standard InChI is InChI=1S/C14H22O2S/c1-7(2)14(16)17-9-5-10-8-3-12(11(10)6-9)13(15)4-8/h7-13,15H,3-6H2,1-2H3. The zero-order chi connectivity index (χ0) is 12.2. The van der Waals surface area contributed by atoms with Crippen LogP contribution in [-0.2, 0) is 4.79 Å². The third-order valence-corrected chi connectivity index (χ3v) is 6.57. The van der Waals surface area contributed by atoms with E-state index in [1.54, 1.807) is 11.8 Å². The minimum absolute atomic E-state index is 0.0363. The van der Waals surface area contributed by atoms with Gasteiger partial charge in [-0.2, -0.15) is 0 Å². The Bertz CT molecular complexity index is 328. The van der Waals surface area contributed by atoms with Gasteiger partial charge >= 0.3 is 0 Å². The van der Waals surface area contributed by atoms with Gasteiger partial charge in [-0.15, -0.1) is 0 Å². The zero-order valence-electron chi connectivity index (χ0n) is 10.6. The number of thioether (sulfide) groups is 1. The van der Waals surface area contributed by atoms with E-state index in [4.69, 9.17) is 0 Å². The van der Waals surface area contributed by atoms with Gasteiger partial charge in [0.2, 0.25) is 0 Å². The molecule has 2 nitrogen and oxygen atoms in total. The smallest absolute Gasteiger partial charge is 0.191 e. The Morgan fingerprint density at radius 2 is 1.82 bits per heavy atom. The molecule has 6 atom stereocenters. The summed E-state index contributed by atoms with van der Waals surface area (Å²) in [5.41, 5.74) is 0. The summed E-state index contributed by atoms with van der Waals surface area (Å²) >= 11 is 1.58. The summed E-state index contributed by atoms with van der Waals surface area (Å²) in [6.07, 6.45) is 4.65. The Balaban J connectivity index is 1.62. The Labute approximate surface area is 108 Å². The summed E-state index contributed by atoms with van der Waals surface area (Å²) in [4.78, 5) is 11.8. The highest BCUT2D eigenvalue weighted by molar-refractivity contribution is 8.14. The minimum Gasteiger partial charge on any atom is -0.393 e. The average Bonchev–Trinajstić information content (AvgIpc) is 2.87. The maximum absolute atomic E-state index is 11.8. The summed E-state index contributed by atoms with van der Waals surface area (Å²) in [5, 5.41) is 10.8. The van der Waals surface area contributed by atoms with Crippen molar-refractivity contribution >= 4 is 16.9 Å². The van der Waals surface area contributed by atoms with Gasteiger partial charge in [-0.25, -0.2) is 0 Å². The van der Waals surface area contributed by atoms with Crippen LogP contribution in [0.5, 0.6) is 0 Å². The number of carbonyl (C=O) groups excluding carboxylic acids is 1. The van der Waals surface area contributed by atoms with Crippen LogP contribution in [0, 0.1) is 29.6 Å². The molecule has 0 spiro atoms. The van der Waals surface area contributed by atoms with E-state index in [0.29, 0.717) is 16.3 Å². The lowest BCUT2D eigenvalue weighted by Gasteiger charge is -2.27. The second-order valence-corrected chi connectivity index (χ2v) is 7.78. The van der Waals surface area contributed by atoms with E-state index in [2.05, 4.69) is 0 Å². The van der Waals surface area contributed by atoms with Crippen molar-refractivity contribution in [3.63, 3.8) is 0 Å². The van der Waals surface area contributed by atoms with Gasteiger partial charge in [0.1, 0.15) is 0 Å². The Morgan fingerprint density at radius 3 is 2.53 bits per heavy atom. The van der Waals surface area contributed by atoms with E-state index in [9.17, 15) is 9.90 Å². The first-order valence-corrected chi connectivity index (χ1v) is 7.82. The van der Waals surface area contributed by atoms with Crippen molar-refractivity contribution in [1.29, 1.82) is 0 Å². The average molecular weight is 254 g/mol. The van der Waals surface area contributed by atoms with Crippen molar-refractivity contribution in [2.24, 2.45) is 29.6 Å². The van der Waals surface area contributed by atoms with Gasteiger partial charge in [-0.1, -0.05) is 25.6 Å². The van der Waals surface area contributed by atoms with Crippen molar-refractivity contribution in [2.45, 2.75) is 50.9 Å². The molecule has 3 saturated carbocycles. The molecule has 0 aromatic heterocycles. The summed E-state index contributed by atoms with van der Waals surface area (Å²) in [6, 6.07) is 0. The fraction of sp³-hybridized carbons (Fsp3) is 0.929. The van der Waals surface area contributed by atoms with Gasteiger partial charge in [0.15, 0.2) is 5.12 Å². The molecule has 3 fully saturated rings. The number of hydrogen-bond acceptors (Lipinski definition) is 3. The zero-order valence-corrected chi connectivity index (χ0v) is 11.5. The van der Waals surface area contributed by atoms with Crippen LogP contribution in [0.1, 0.15) is 39.5 Å². The number of hydrogen-bond donors (Lipinski definition) is 1. The quantitative estimate of drug-likeness (QED) is 0.823. The highest BCUT2D eigenvalue weighted by Gasteiger charge is 2.55. The van der Waals surface area contributed by atoms with Gasteiger partial charge in [-0.3, -0.25) is 4.79 Å². The van der Waals surface area contributed by atoms with Crippen LogP contribution in [0.3, 0.4) is 0 Å². The summed E-state index contributed by atoms with van der Waals surface area (Å²) in [6.45, 7) is 3.97. The molecule has 3 rings (SSSR count). The van der Waals surface area contributed by atoms with Crippen molar-refractivity contribution in [3.05, 3.63) is 0 Å². The second kappa shape index (κ2) is 4.27. The predicted octanol–water partition coefficient (Wildman–Crippen LogP) is 2.70. The number of rotatable bonds is 2. The lowest BCUT2D eigenvalue weighted by atomic mass is 9.80. The van der Waals surface area contributed by atoms with E-state index < -0.39 is 0 Å². The van der Waals surface area contributed by atoms with Gasteiger partial charge in [0, 0.05) is 11.2 Å². The van der Waals surface area contributed by atoms with Crippen LogP contribution in [0.25, 0.3) is 0 Å². The second-order valence-electron chi connectivity index (χ2n) is 6.48. The van der Waals surface area contributed by atoms with Crippen molar-refractivity contribution in [3.8, 4) is 0 Å². The first kappa shape index (κ1) is 12.0. The number of fused-ring (bicyclic) bond motifs is 5. The molecule has 96 valence electrons. The lowest BCUT2D eigenvalue weighted by molar-refractivity contribution is -0.113. The fourth-order valence-corrected chi connectivity index (χ4v) is 5.62. The van der Waals surface area contributed by atoms with Crippen LogP contribution in [0.4, 0.5) is 0 Å². The molecule has 6 unspecified atom stereocenters. The maximum Gasteiger partial charge on any atom is 0.191 e. The summed E-state index contributed by atoms with van der Waals surface area (Å²) in [5.74, 6) is 3.02. The van der Waals surface area contributed by atoms with Gasteiger partial charge in [0.05, 0.1) is 6.10 Å². The molecule has 0 aromatic carbocycles. The predicted molar refractivity (Wildman–Crippen MR) is 69.7 cm³/mol. The SMILES string of the molecule is CC(C)C(=O)SC1CC2C3CC(O)C(C3)C2C1. The van der Waals surface area contributed by atoms with E-state index in [1.807, 2.05) is 13.8 Å². The van der Waals surface area contributed by atoms with Crippen LogP contribution < -0.4 is 0 Å². The van der Waals surface area contributed by atoms with Crippen LogP contribution >= 0.6 is 11.8 Å². The van der Waals surface area contributed by atoms with E-state index in [0.717, 1.165) is 24.2 Å². The normalized spacial score (nSPS) is 47.8. The molecule has 2 bridgehead atoms.